The summed E-state index contributed by atoms with van der Waals surface area (Å²) >= 11 is 17.5. The van der Waals surface area contributed by atoms with Crippen molar-refractivity contribution in [3.63, 3.8) is 0 Å². The maximum atomic E-state index is 6.00. The molecule has 0 radical (unpaired) electrons. The van der Waals surface area contributed by atoms with Crippen LogP contribution >= 0.6 is 34.8 Å². The first-order chi connectivity index (χ1) is 7.20. The lowest BCUT2D eigenvalue weighted by Crippen LogP contribution is -1.95. The Morgan fingerprint density at radius 2 is 2.07 bits per heavy atom. The van der Waals surface area contributed by atoms with E-state index in [0.29, 0.717) is 27.3 Å². The van der Waals surface area contributed by atoms with Crippen molar-refractivity contribution in [2.75, 3.05) is 0 Å². The first-order valence-corrected chi connectivity index (χ1v) is 5.42. The van der Waals surface area contributed by atoms with Gasteiger partial charge in [0.2, 0.25) is 0 Å². The summed E-state index contributed by atoms with van der Waals surface area (Å²) in [6.07, 6.45) is 1.71. The Morgan fingerprint density at radius 3 is 2.73 bits per heavy atom. The van der Waals surface area contributed by atoms with Gasteiger partial charge in [0.05, 0.1) is 28.5 Å². The summed E-state index contributed by atoms with van der Waals surface area (Å²) in [4.78, 5) is 0. The van der Waals surface area contributed by atoms with Crippen molar-refractivity contribution in [1.82, 2.24) is 15.0 Å². The fraction of sp³-hybridized carbons (Fsp3) is 0.111. The molecule has 0 aliphatic carbocycles. The van der Waals surface area contributed by atoms with Gasteiger partial charge in [-0.15, -0.1) is 16.7 Å². The summed E-state index contributed by atoms with van der Waals surface area (Å²) in [7, 11) is 0. The minimum atomic E-state index is 0.318. The largest absolute Gasteiger partial charge is 0.219 e. The average molecular weight is 263 g/mol. The van der Waals surface area contributed by atoms with Crippen LogP contribution in [0.5, 0.6) is 0 Å². The van der Waals surface area contributed by atoms with Gasteiger partial charge in [-0.3, -0.25) is 0 Å². The summed E-state index contributed by atoms with van der Waals surface area (Å²) in [5.74, 6) is 0.318. The molecular weight excluding hydrogens is 256 g/mol. The van der Waals surface area contributed by atoms with Crippen LogP contribution in [-0.4, -0.2) is 15.0 Å². The Kier molecular flexibility index (Phi) is 3.14. The monoisotopic (exact) mass is 261 g/mol. The summed E-state index contributed by atoms with van der Waals surface area (Å²) in [5, 5.41) is 8.91. The van der Waals surface area contributed by atoms with Crippen LogP contribution in [0, 0.1) is 0 Å². The van der Waals surface area contributed by atoms with E-state index in [-0.39, 0.29) is 0 Å². The lowest BCUT2D eigenvalue weighted by atomic mass is 10.3. The molecule has 0 amide bonds. The van der Waals surface area contributed by atoms with Crippen molar-refractivity contribution >= 4 is 34.8 Å². The molecule has 0 saturated heterocycles. The van der Waals surface area contributed by atoms with Crippen molar-refractivity contribution in [3.8, 4) is 5.69 Å². The highest BCUT2D eigenvalue weighted by atomic mass is 35.5. The molecular formula is C9H6Cl3N3. The zero-order valence-electron chi connectivity index (χ0n) is 7.49. The molecule has 0 bridgehead atoms. The zero-order chi connectivity index (χ0) is 10.8. The Morgan fingerprint density at radius 1 is 1.27 bits per heavy atom. The fourth-order valence-corrected chi connectivity index (χ4v) is 1.63. The van der Waals surface area contributed by atoms with Crippen LogP contribution in [0.15, 0.2) is 24.4 Å². The van der Waals surface area contributed by atoms with Crippen LogP contribution in [0.25, 0.3) is 5.69 Å². The molecule has 6 heteroatoms. The van der Waals surface area contributed by atoms with Crippen LogP contribution in [0.4, 0.5) is 0 Å². The van der Waals surface area contributed by atoms with Crippen LogP contribution in [0.1, 0.15) is 5.69 Å². The highest BCUT2D eigenvalue weighted by molar-refractivity contribution is 6.34. The highest BCUT2D eigenvalue weighted by Crippen LogP contribution is 2.23. The molecule has 1 aromatic heterocycles. The van der Waals surface area contributed by atoms with Gasteiger partial charge in [-0.25, -0.2) is 4.68 Å². The summed E-state index contributed by atoms with van der Waals surface area (Å²) in [6, 6.07) is 5.14. The molecule has 0 N–H and O–H groups in total. The molecule has 0 aliphatic heterocycles. The van der Waals surface area contributed by atoms with Crippen molar-refractivity contribution in [1.29, 1.82) is 0 Å². The normalized spacial score (nSPS) is 10.6. The predicted octanol–water partition coefficient (Wildman–Crippen LogP) is 3.31. The Bertz CT molecular complexity index is 481. The van der Waals surface area contributed by atoms with Crippen molar-refractivity contribution in [2.45, 2.75) is 5.88 Å². The van der Waals surface area contributed by atoms with Crippen molar-refractivity contribution < 1.29 is 0 Å². The van der Waals surface area contributed by atoms with E-state index >= 15 is 0 Å². The van der Waals surface area contributed by atoms with E-state index in [1.807, 2.05) is 0 Å². The van der Waals surface area contributed by atoms with Gasteiger partial charge in [0, 0.05) is 5.02 Å². The summed E-state index contributed by atoms with van der Waals surface area (Å²) < 4.78 is 1.55. The van der Waals surface area contributed by atoms with Gasteiger partial charge >= 0.3 is 0 Å². The average Bonchev–Trinajstić information content (AvgIpc) is 2.70. The quantitative estimate of drug-likeness (QED) is 0.777. The number of rotatable bonds is 2. The van der Waals surface area contributed by atoms with E-state index in [2.05, 4.69) is 10.3 Å². The number of nitrogens with zero attached hydrogens (tertiary/aromatic N) is 3. The number of alkyl halides is 1. The van der Waals surface area contributed by atoms with E-state index in [1.165, 1.54) is 0 Å². The molecule has 2 aromatic rings. The van der Waals surface area contributed by atoms with Gasteiger partial charge in [0.15, 0.2) is 0 Å². The maximum Gasteiger partial charge on any atom is 0.0979 e. The number of hydrogen-bond acceptors (Lipinski definition) is 2. The molecule has 2 rings (SSSR count). The maximum absolute atomic E-state index is 6.00. The molecule has 78 valence electrons. The number of hydrogen-bond donors (Lipinski definition) is 0. The number of benzene rings is 1. The predicted molar refractivity (Wildman–Crippen MR) is 60.9 cm³/mol. The molecule has 0 spiro atoms. The molecule has 0 fully saturated rings. The molecule has 0 aliphatic rings. The second-order valence-electron chi connectivity index (χ2n) is 2.88. The van der Waals surface area contributed by atoms with E-state index in [1.54, 1.807) is 29.1 Å². The van der Waals surface area contributed by atoms with Crippen LogP contribution < -0.4 is 0 Å². The summed E-state index contributed by atoms with van der Waals surface area (Å²) in [5.41, 5.74) is 1.38. The standard InChI is InChI=1S/C9H6Cl3N3/c10-4-7-5-15(14-13-7)9-3-6(11)1-2-8(9)12/h1-3,5H,4H2. The fourth-order valence-electron chi connectivity index (χ4n) is 1.14. The van der Waals surface area contributed by atoms with Gasteiger partial charge in [-0.2, -0.15) is 0 Å². The molecule has 0 unspecified atom stereocenters. The Labute approximate surface area is 102 Å². The van der Waals surface area contributed by atoms with E-state index in [9.17, 15) is 0 Å². The highest BCUT2D eigenvalue weighted by Gasteiger charge is 2.06. The van der Waals surface area contributed by atoms with E-state index in [4.69, 9.17) is 34.8 Å². The number of aromatic nitrogens is 3. The smallest absolute Gasteiger partial charge is 0.0979 e. The van der Waals surface area contributed by atoms with Gasteiger partial charge in [0.25, 0.3) is 0 Å². The first kappa shape index (κ1) is 10.7. The topological polar surface area (TPSA) is 30.7 Å². The van der Waals surface area contributed by atoms with Gasteiger partial charge in [0.1, 0.15) is 0 Å². The zero-order valence-corrected chi connectivity index (χ0v) is 9.76. The second-order valence-corrected chi connectivity index (χ2v) is 3.99. The molecule has 1 aromatic carbocycles. The van der Waals surface area contributed by atoms with E-state index in [0.717, 1.165) is 0 Å². The Balaban J connectivity index is 2.48. The van der Waals surface area contributed by atoms with Gasteiger partial charge < -0.3 is 0 Å². The number of halogens is 3. The minimum absolute atomic E-state index is 0.318. The lowest BCUT2D eigenvalue weighted by Gasteiger charge is -2.02. The third kappa shape index (κ3) is 2.25. The summed E-state index contributed by atoms with van der Waals surface area (Å²) in [6.45, 7) is 0. The van der Waals surface area contributed by atoms with Crippen LogP contribution in [-0.2, 0) is 5.88 Å². The molecule has 3 nitrogen and oxygen atoms in total. The lowest BCUT2D eigenvalue weighted by molar-refractivity contribution is 0.800. The minimum Gasteiger partial charge on any atom is -0.219 e. The van der Waals surface area contributed by atoms with E-state index < -0.39 is 0 Å². The van der Waals surface area contributed by atoms with Gasteiger partial charge in [-0.05, 0) is 18.2 Å². The van der Waals surface area contributed by atoms with Crippen LogP contribution in [0.2, 0.25) is 10.0 Å². The van der Waals surface area contributed by atoms with Crippen molar-refractivity contribution in [2.24, 2.45) is 0 Å². The van der Waals surface area contributed by atoms with Gasteiger partial charge in [-0.1, -0.05) is 28.4 Å². The third-order valence-corrected chi connectivity index (χ3v) is 2.66. The first-order valence-electron chi connectivity index (χ1n) is 4.13. The molecule has 0 atom stereocenters. The van der Waals surface area contributed by atoms with Crippen molar-refractivity contribution in [3.05, 3.63) is 40.1 Å². The SMILES string of the molecule is ClCc1cn(-c2cc(Cl)ccc2Cl)nn1. The Hall–Kier alpha value is -0.770. The molecule has 0 saturated carbocycles. The second kappa shape index (κ2) is 4.39. The van der Waals surface area contributed by atoms with Crippen LogP contribution in [0.3, 0.4) is 0 Å². The molecule has 1 heterocycles. The third-order valence-electron chi connectivity index (χ3n) is 1.83. The molecule has 15 heavy (non-hydrogen) atoms.